The fourth-order valence-corrected chi connectivity index (χ4v) is 3.82. The van der Waals surface area contributed by atoms with Crippen LogP contribution in [0.1, 0.15) is 38.2 Å². The predicted octanol–water partition coefficient (Wildman–Crippen LogP) is 3.39. The Bertz CT molecular complexity index is 458. The van der Waals surface area contributed by atoms with Gasteiger partial charge in [-0.05, 0) is 61.6 Å². The molecular formula is C17H24O3. The zero-order chi connectivity index (χ0) is 13.9. The normalized spacial score (nSPS) is 27.8. The molecule has 0 radical (unpaired) electrons. The van der Waals surface area contributed by atoms with Crippen LogP contribution < -0.4 is 9.47 Å². The number of fused-ring (bicyclic) bond motifs is 2. The van der Waals surface area contributed by atoms with Crippen LogP contribution in [-0.2, 0) is 6.61 Å². The molecule has 2 fully saturated rings. The van der Waals surface area contributed by atoms with E-state index in [0.717, 1.165) is 41.4 Å². The summed E-state index contributed by atoms with van der Waals surface area (Å²) in [6.45, 7) is 3.41. The highest BCUT2D eigenvalue weighted by Crippen LogP contribution is 2.48. The maximum atomic E-state index is 9.20. The summed E-state index contributed by atoms with van der Waals surface area (Å²) in [5, 5.41) is 9.20. The standard InChI is InChI=1S/C17H24O3/c1-2-19-17-9-13(10-18)4-6-16(17)20-11-15-8-12-3-5-14(15)7-12/h4,6,9,12,14-15,18H,2-3,5,7-8,10-11H2,1H3. The number of ether oxygens (including phenoxy) is 2. The number of aliphatic hydroxyl groups is 1. The molecule has 0 aliphatic heterocycles. The first-order valence-electron chi connectivity index (χ1n) is 7.79. The molecule has 3 nitrogen and oxygen atoms in total. The second kappa shape index (κ2) is 6.04. The summed E-state index contributed by atoms with van der Waals surface area (Å²) in [4.78, 5) is 0. The van der Waals surface area contributed by atoms with Crippen LogP contribution in [0.25, 0.3) is 0 Å². The van der Waals surface area contributed by atoms with Gasteiger partial charge in [0, 0.05) is 0 Å². The molecular weight excluding hydrogens is 252 g/mol. The number of aliphatic hydroxyl groups excluding tert-OH is 1. The van der Waals surface area contributed by atoms with Crippen LogP contribution >= 0.6 is 0 Å². The Kier molecular flexibility index (Phi) is 4.16. The second-order valence-electron chi connectivity index (χ2n) is 6.12. The van der Waals surface area contributed by atoms with Crippen molar-refractivity contribution in [2.45, 2.75) is 39.2 Å². The summed E-state index contributed by atoms with van der Waals surface area (Å²) in [6.07, 6.45) is 5.57. The van der Waals surface area contributed by atoms with E-state index in [-0.39, 0.29) is 6.61 Å². The van der Waals surface area contributed by atoms with Crippen LogP contribution in [0.4, 0.5) is 0 Å². The van der Waals surface area contributed by atoms with E-state index in [0.29, 0.717) is 6.61 Å². The van der Waals surface area contributed by atoms with Crippen LogP contribution in [0, 0.1) is 17.8 Å². The minimum atomic E-state index is 0.0345. The van der Waals surface area contributed by atoms with Gasteiger partial charge in [-0.25, -0.2) is 0 Å². The Labute approximate surface area is 120 Å². The summed E-state index contributed by atoms with van der Waals surface area (Å²) in [7, 11) is 0. The molecule has 110 valence electrons. The predicted molar refractivity (Wildman–Crippen MR) is 78.0 cm³/mol. The maximum absolute atomic E-state index is 9.20. The van der Waals surface area contributed by atoms with Crippen LogP contribution in [0.3, 0.4) is 0 Å². The van der Waals surface area contributed by atoms with Crippen molar-refractivity contribution in [3.63, 3.8) is 0 Å². The van der Waals surface area contributed by atoms with Gasteiger partial charge in [0.25, 0.3) is 0 Å². The Hall–Kier alpha value is -1.22. The van der Waals surface area contributed by atoms with Crippen molar-refractivity contribution < 1.29 is 14.6 Å². The molecule has 2 aliphatic rings. The van der Waals surface area contributed by atoms with Crippen LogP contribution in [0.15, 0.2) is 18.2 Å². The summed E-state index contributed by atoms with van der Waals surface area (Å²) < 4.78 is 11.6. The first kappa shape index (κ1) is 13.7. The minimum Gasteiger partial charge on any atom is -0.490 e. The maximum Gasteiger partial charge on any atom is 0.161 e. The van der Waals surface area contributed by atoms with Crippen molar-refractivity contribution in [3.05, 3.63) is 23.8 Å². The van der Waals surface area contributed by atoms with Crippen LogP contribution in [0.2, 0.25) is 0 Å². The molecule has 0 amide bonds. The molecule has 0 saturated heterocycles. The first-order chi connectivity index (χ1) is 9.80. The van der Waals surface area contributed by atoms with Crippen molar-refractivity contribution in [2.24, 2.45) is 17.8 Å². The van der Waals surface area contributed by atoms with E-state index in [4.69, 9.17) is 9.47 Å². The third-order valence-corrected chi connectivity index (χ3v) is 4.83. The van der Waals surface area contributed by atoms with Gasteiger partial charge >= 0.3 is 0 Å². The number of benzene rings is 1. The Morgan fingerprint density at radius 3 is 2.70 bits per heavy atom. The molecule has 1 N–H and O–H groups in total. The number of hydrogen-bond acceptors (Lipinski definition) is 3. The molecule has 2 aliphatic carbocycles. The summed E-state index contributed by atoms with van der Waals surface area (Å²) >= 11 is 0. The lowest BCUT2D eigenvalue weighted by Crippen LogP contribution is -2.18. The quantitative estimate of drug-likeness (QED) is 0.865. The van der Waals surface area contributed by atoms with E-state index in [9.17, 15) is 5.11 Å². The fourth-order valence-electron chi connectivity index (χ4n) is 3.82. The van der Waals surface area contributed by atoms with Crippen molar-refractivity contribution in [1.29, 1.82) is 0 Å². The second-order valence-corrected chi connectivity index (χ2v) is 6.12. The van der Waals surface area contributed by atoms with Crippen molar-refractivity contribution in [1.82, 2.24) is 0 Å². The molecule has 1 aromatic rings. The van der Waals surface area contributed by atoms with Crippen LogP contribution in [0.5, 0.6) is 11.5 Å². The highest BCUT2D eigenvalue weighted by Gasteiger charge is 2.39. The highest BCUT2D eigenvalue weighted by molar-refractivity contribution is 5.42. The summed E-state index contributed by atoms with van der Waals surface area (Å²) in [6, 6.07) is 5.70. The lowest BCUT2D eigenvalue weighted by molar-refractivity contribution is 0.187. The number of rotatable bonds is 6. The zero-order valence-electron chi connectivity index (χ0n) is 12.2. The fraction of sp³-hybridized carbons (Fsp3) is 0.647. The molecule has 0 aromatic heterocycles. The van der Waals surface area contributed by atoms with Gasteiger partial charge in [-0.1, -0.05) is 12.5 Å². The SMILES string of the molecule is CCOc1cc(CO)ccc1OCC1CC2CCC1C2. The van der Waals surface area contributed by atoms with E-state index in [1.54, 1.807) is 0 Å². The molecule has 0 spiro atoms. The summed E-state index contributed by atoms with van der Waals surface area (Å²) in [5.41, 5.74) is 0.862. The third-order valence-electron chi connectivity index (χ3n) is 4.83. The minimum absolute atomic E-state index is 0.0345. The molecule has 2 saturated carbocycles. The lowest BCUT2D eigenvalue weighted by Gasteiger charge is -2.22. The topological polar surface area (TPSA) is 38.7 Å². The van der Waals surface area contributed by atoms with E-state index in [2.05, 4.69) is 0 Å². The molecule has 3 unspecified atom stereocenters. The Morgan fingerprint density at radius 1 is 1.15 bits per heavy atom. The van der Waals surface area contributed by atoms with Crippen molar-refractivity contribution in [2.75, 3.05) is 13.2 Å². The highest BCUT2D eigenvalue weighted by atomic mass is 16.5. The van der Waals surface area contributed by atoms with Gasteiger partial charge in [0.15, 0.2) is 11.5 Å². The lowest BCUT2D eigenvalue weighted by atomic mass is 9.89. The molecule has 2 bridgehead atoms. The molecule has 3 atom stereocenters. The van der Waals surface area contributed by atoms with Crippen molar-refractivity contribution in [3.8, 4) is 11.5 Å². The average Bonchev–Trinajstić information content (AvgIpc) is 3.08. The molecule has 3 heteroatoms. The van der Waals surface area contributed by atoms with Crippen molar-refractivity contribution >= 4 is 0 Å². The largest absolute Gasteiger partial charge is 0.490 e. The monoisotopic (exact) mass is 276 g/mol. The molecule has 3 rings (SSSR count). The van der Waals surface area contributed by atoms with Gasteiger partial charge in [0.2, 0.25) is 0 Å². The Balaban J connectivity index is 1.64. The van der Waals surface area contributed by atoms with Gasteiger partial charge in [-0.2, -0.15) is 0 Å². The van der Waals surface area contributed by atoms with Gasteiger partial charge in [0.1, 0.15) is 0 Å². The summed E-state index contributed by atoms with van der Waals surface area (Å²) in [5.74, 6) is 4.12. The van der Waals surface area contributed by atoms with Gasteiger partial charge in [0.05, 0.1) is 19.8 Å². The van der Waals surface area contributed by atoms with E-state index in [1.807, 2.05) is 25.1 Å². The van der Waals surface area contributed by atoms with E-state index in [1.165, 1.54) is 25.7 Å². The number of hydrogen-bond donors (Lipinski definition) is 1. The average molecular weight is 276 g/mol. The Morgan fingerprint density at radius 2 is 2.05 bits per heavy atom. The zero-order valence-corrected chi connectivity index (χ0v) is 12.2. The molecule has 1 aromatic carbocycles. The molecule has 0 heterocycles. The van der Waals surface area contributed by atoms with E-state index < -0.39 is 0 Å². The first-order valence-corrected chi connectivity index (χ1v) is 7.79. The van der Waals surface area contributed by atoms with Crippen LogP contribution in [-0.4, -0.2) is 18.3 Å². The van der Waals surface area contributed by atoms with Gasteiger partial charge < -0.3 is 14.6 Å². The van der Waals surface area contributed by atoms with Gasteiger partial charge in [-0.3, -0.25) is 0 Å². The third kappa shape index (κ3) is 2.78. The van der Waals surface area contributed by atoms with Gasteiger partial charge in [-0.15, -0.1) is 0 Å². The molecule has 20 heavy (non-hydrogen) atoms. The van der Waals surface area contributed by atoms with E-state index >= 15 is 0 Å². The smallest absolute Gasteiger partial charge is 0.161 e.